The van der Waals surface area contributed by atoms with Crippen LogP contribution in [-0.2, 0) is 21.4 Å². The molecule has 0 amide bonds. The number of para-hydroxylation sites is 2. The Morgan fingerprint density at radius 3 is 2.33 bits per heavy atom. The van der Waals surface area contributed by atoms with Crippen molar-refractivity contribution in [3.8, 4) is 0 Å². The number of fused-ring (bicyclic) bond motifs is 1. The lowest BCUT2D eigenvalue weighted by atomic mass is 10.2. The van der Waals surface area contributed by atoms with Crippen LogP contribution in [0.4, 0.5) is 17.2 Å². The number of benzene rings is 3. The molecule has 1 N–H and O–H groups in total. The molecule has 0 bridgehead atoms. The van der Waals surface area contributed by atoms with Crippen molar-refractivity contribution in [3.63, 3.8) is 0 Å². The Labute approximate surface area is 231 Å². The average Bonchev–Trinajstić information content (AvgIpc) is 3.30. The van der Waals surface area contributed by atoms with E-state index in [0.29, 0.717) is 37.8 Å². The summed E-state index contributed by atoms with van der Waals surface area (Å²) in [5.74, 6) is -0.0454. The van der Waals surface area contributed by atoms with Crippen molar-refractivity contribution >= 4 is 54.7 Å². The molecule has 0 atom stereocenters. The molecule has 3 aromatic carbocycles. The van der Waals surface area contributed by atoms with Crippen LogP contribution in [0.2, 0.25) is 0 Å². The van der Waals surface area contributed by atoms with Crippen LogP contribution in [0, 0.1) is 6.92 Å². The maximum Gasteiger partial charge on any atom is 0.349 e. The number of sulfonamides is 1. The summed E-state index contributed by atoms with van der Waals surface area (Å²) in [5.41, 5.74) is 2.49. The zero-order valence-electron chi connectivity index (χ0n) is 21.4. The van der Waals surface area contributed by atoms with Gasteiger partial charge in [0.05, 0.1) is 16.8 Å². The van der Waals surface area contributed by atoms with Gasteiger partial charge in [-0.15, -0.1) is 11.3 Å². The predicted octanol–water partition coefficient (Wildman–Crippen LogP) is 6.32. The quantitative estimate of drug-likeness (QED) is 0.211. The molecule has 5 rings (SSSR count). The number of nitrogens with zero attached hydrogens (tertiary/aromatic N) is 3. The summed E-state index contributed by atoms with van der Waals surface area (Å²) < 4.78 is 34.5. The highest BCUT2D eigenvalue weighted by molar-refractivity contribution is 7.93. The van der Waals surface area contributed by atoms with E-state index in [4.69, 9.17) is 4.74 Å². The monoisotopic (exact) mass is 558 g/mol. The molecule has 0 saturated carbocycles. The van der Waals surface area contributed by atoms with Crippen molar-refractivity contribution in [2.45, 2.75) is 25.3 Å². The van der Waals surface area contributed by atoms with Gasteiger partial charge in [0.2, 0.25) is 0 Å². The smallest absolute Gasteiger partial charge is 0.349 e. The minimum Gasteiger partial charge on any atom is -0.457 e. The van der Waals surface area contributed by atoms with Gasteiger partial charge in [-0.1, -0.05) is 60.7 Å². The average molecular weight is 559 g/mol. The van der Waals surface area contributed by atoms with Gasteiger partial charge in [0.15, 0.2) is 0 Å². The first-order valence-corrected chi connectivity index (χ1v) is 14.5. The number of aryl methyl sites for hydroxylation is 1. The highest BCUT2D eigenvalue weighted by atomic mass is 32.2. The number of nitrogens with one attached hydrogen (secondary N) is 1. The fourth-order valence-corrected chi connectivity index (χ4v) is 6.94. The third kappa shape index (κ3) is 5.34. The van der Waals surface area contributed by atoms with Crippen molar-refractivity contribution in [1.82, 2.24) is 9.97 Å². The molecule has 8 nitrogen and oxygen atoms in total. The number of ether oxygens (including phenoxy) is 1. The Morgan fingerprint density at radius 2 is 1.62 bits per heavy atom. The van der Waals surface area contributed by atoms with E-state index in [1.165, 1.54) is 22.0 Å². The largest absolute Gasteiger partial charge is 0.457 e. The SMILES string of the molecule is CCN(c1ccccc1)S(=O)(=O)c1ccccc1Nc1ncnc2sc(C(=O)OCc3ccccc3)c(C)c12. The number of anilines is 3. The summed E-state index contributed by atoms with van der Waals surface area (Å²) in [7, 11) is -3.90. The van der Waals surface area contributed by atoms with Gasteiger partial charge < -0.3 is 10.1 Å². The number of thiophene rings is 1. The second-order valence-electron chi connectivity index (χ2n) is 8.65. The highest BCUT2D eigenvalue weighted by Gasteiger charge is 2.27. The highest BCUT2D eigenvalue weighted by Crippen LogP contribution is 2.37. The van der Waals surface area contributed by atoms with Gasteiger partial charge in [0.25, 0.3) is 10.0 Å². The second-order valence-corrected chi connectivity index (χ2v) is 11.5. The zero-order valence-corrected chi connectivity index (χ0v) is 23.0. The fraction of sp³-hybridized carbons (Fsp3) is 0.138. The Bertz CT molecular complexity index is 1720. The molecule has 5 aromatic rings. The van der Waals surface area contributed by atoms with E-state index in [0.717, 1.165) is 5.56 Å². The minimum absolute atomic E-state index is 0.109. The van der Waals surface area contributed by atoms with Crippen LogP contribution in [0.3, 0.4) is 0 Å². The Morgan fingerprint density at radius 1 is 0.949 bits per heavy atom. The third-order valence-electron chi connectivity index (χ3n) is 6.16. The molecule has 0 aliphatic carbocycles. The van der Waals surface area contributed by atoms with Gasteiger partial charge in [0.1, 0.15) is 33.4 Å². The van der Waals surface area contributed by atoms with Crippen molar-refractivity contribution in [1.29, 1.82) is 0 Å². The van der Waals surface area contributed by atoms with Gasteiger partial charge in [-0.25, -0.2) is 23.2 Å². The topological polar surface area (TPSA) is 101 Å². The molecule has 0 aliphatic heterocycles. The van der Waals surface area contributed by atoms with Crippen LogP contribution >= 0.6 is 11.3 Å². The van der Waals surface area contributed by atoms with Gasteiger partial charge in [-0.05, 0) is 49.2 Å². The number of esters is 1. The molecular weight excluding hydrogens is 532 g/mol. The molecule has 39 heavy (non-hydrogen) atoms. The molecule has 2 heterocycles. The molecule has 198 valence electrons. The maximum atomic E-state index is 13.8. The van der Waals surface area contributed by atoms with E-state index in [9.17, 15) is 13.2 Å². The number of carbonyl (C=O) groups is 1. The van der Waals surface area contributed by atoms with Crippen LogP contribution < -0.4 is 9.62 Å². The van der Waals surface area contributed by atoms with E-state index >= 15 is 0 Å². The Balaban J connectivity index is 1.48. The van der Waals surface area contributed by atoms with Crippen LogP contribution in [0.5, 0.6) is 0 Å². The van der Waals surface area contributed by atoms with E-state index in [1.54, 1.807) is 55.5 Å². The minimum atomic E-state index is -3.90. The van der Waals surface area contributed by atoms with Gasteiger partial charge in [-0.2, -0.15) is 0 Å². The summed E-state index contributed by atoms with van der Waals surface area (Å²) in [6, 6.07) is 25.1. The van der Waals surface area contributed by atoms with Crippen LogP contribution in [-0.4, -0.2) is 30.9 Å². The number of carbonyl (C=O) groups excluding carboxylic acids is 1. The number of rotatable bonds is 9. The summed E-state index contributed by atoms with van der Waals surface area (Å²) in [6.45, 7) is 4.02. The van der Waals surface area contributed by atoms with Crippen LogP contribution in [0.25, 0.3) is 10.2 Å². The van der Waals surface area contributed by atoms with Gasteiger partial charge in [-0.3, -0.25) is 4.31 Å². The molecule has 0 radical (unpaired) electrons. The lowest BCUT2D eigenvalue weighted by Crippen LogP contribution is -2.31. The lowest BCUT2D eigenvalue weighted by molar-refractivity contribution is 0.0478. The summed E-state index contributed by atoms with van der Waals surface area (Å²) in [5, 5.41) is 3.84. The molecule has 0 aliphatic rings. The molecule has 0 fully saturated rings. The van der Waals surface area contributed by atoms with E-state index in [-0.39, 0.29) is 18.0 Å². The van der Waals surface area contributed by atoms with Crippen LogP contribution in [0.1, 0.15) is 27.7 Å². The van der Waals surface area contributed by atoms with Crippen molar-refractivity contribution in [2.75, 3.05) is 16.2 Å². The number of hydrogen-bond acceptors (Lipinski definition) is 8. The van der Waals surface area contributed by atoms with Gasteiger partial charge in [0, 0.05) is 6.54 Å². The standard InChI is InChI=1S/C29H26N4O4S2/c1-3-33(22-14-8-5-9-15-22)39(35,36)24-17-11-10-16-23(24)32-27-25-20(2)26(38-28(25)31-19-30-27)29(34)37-18-21-12-6-4-7-13-21/h4-17,19H,3,18H2,1-2H3,(H,30,31,32). The molecule has 0 spiro atoms. The van der Waals surface area contributed by atoms with E-state index in [2.05, 4.69) is 15.3 Å². The van der Waals surface area contributed by atoms with E-state index < -0.39 is 16.0 Å². The Kier molecular flexibility index (Phi) is 7.58. The van der Waals surface area contributed by atoms with Crippen molar-refractivity contribution < 1.29 is 17.9 Å². The molecule has 0 saturated heterocycles. The van der Waals surface area contributed by atoms with Crippen molar-refractivity contribution in [3.05, 3.63) is 107 Å². The third-order valence-corrected chi connectivity index (χ3v) is 9.31. The fourth-order valence-electron chi connectivity index (χ4n) is 4.28. The summed E-state index contributed by atoms with van der Waals surface area (Å²) in [6.07, 6.45) is 1.39. The number of aromatic nitrogens is 2. The first kappa shape index (κ1) is 26.3. The molecular formula is C29H26N4O4S2. The normalized spacial score (nSPS) is 11.3. The zero-order chi connectivity index (χ0) is 27.4. The Hall–Kier alpha value is -4.28. The first-order chi connectivity index (χ1) is 18.9. The molecule has 10 heteroatoms. The second kappa shape index (κ2) is 11.2. The molecule has 0 unspecified atom stereocenters. The molecule has 2 aromatic heterocycles. The maximum absolute atomic E-state index is 13.8. The summed E-state index contributed by atoms with van der Waals surface area (Å²) in [4.78, 5) is 22.8. The summed E-state index contributed by atoms with van der Waals surface area (Å²) >= 11 is 1.22. The number of hydrogen-bond donors (Lipinski definition) is 1. The van der Waals surface area contributed by atoms with Crippen molar-refractivity contribution in [2.24, 2.45) is 0 Å². The van der Waals surface area contributed by atoms with E-state index in [1.807, 2.05) is 43.3 Å². The van der Waals surface area contributed by atoms with Gasteiger partial charge >= 0.3 is 5.97 Å². The van der Waals surface area contributed by atoms with Crippen LogP contribution in [0.15, 0.2) is 96.2 Å². The predicted molar refractivity (Wildman–Crippen MR) is 154 cm³/mol. The lowest BCUT2D eigenvalue weighted by Gasteiger charge is -2.24. The first-order valence-electron chi connectivity index (χ1n) is 12.3.